The van der Waals surface area contributed by atoms with E-state index in [2.05, 4.69) is 10.2 Å². The first-order valence-electron chi connectivity index (χ1n) is 8.71. The normalized spacial score (nSPS) is 14.2. The minimum atomic E-state index is -0.0226. The van der Waals surface area contributed by atoms with Crippen molar-refractivity contribution in [3.8, 4) is 17.2 Å². The Bertz CT molecular complexity index is 563. The maximum absolute atomic E-state index is 12.2. The van der Waals surface area contributed by atoms with Crippen LogP contribution in [0.5, 0.6) is 17.2 Å². The number of anilines is 1. The average molecular weight is 367 g/mol. The van der Waals surface area contributed by atoms with Gasteiger partial charge in [-0.2, -0.15) is 0 Å². The first-order chi connectivity index (χ1) is 12.6. The average Bonchev–Trinajstić information content (AvgIpc) is 2.69. The molecule has 0 atom stereocenters. The maximum Gasteiger partial charge on any atom is 0.317 e. The number of hydrogen-bond acceptors (Lipinski definition) is 6. The van der Waals surface area contributed by atoms with E-state index in [9.17, 15) is 4.79 Å². The number of piperazine rings is 1. The fourth-order valence-corrected chi connectivity index (χ4v) is 2.94. The van der Waals surface area contributed by atoms with Gasteiger partial charge in [0.25, 0.3) is 0 Å². The molecule has 0 saturated carbocycles. The predicted molar refractivity (Wildman–Crippen MR) is 99.8 cm³/mol. The summed E-state index contributed by atoms with van der Waals surface area (Å²) in [7, 11) is 6.45. The lowest BCUT2D eigenvalue weighted by atomic mass is 10.2. The zero-order valence-corrected chi connectivity index (χ0v) is 16.0. The summed E-state index contributed by atoms with van der Waals surface area (Å²) < 4.78 is 21.2. The van der Waals surface area contributed by atoms with Crippen LogP contribution in [0.1, 0.15) is 6.42 Å². The quantitative estimate of drug-likeness (QED) is 0.704. The summed E-state index contributed by atoms with van der Waals surface area (Å²) in [5.41, 5.74) is 0.986. The fraction of sp³-hybridized carbons (Fsp3) is 0.611. The lowest BCUT2D eigenvalue weighted by Gasteiger charge is -2.36. The monoisotopic (exact) mass is 367 g/mol. The van der Waals surface area contributed by atoms with Gasteiger partial charge < -0.3 is 34.1 Å². The Balaban J connectivity index is 1.96. The van der Waals surface area contributed by atoms with E-state index < -0.39 is 0 Å². The molecular formula is C18H29N3O5. The van der Waals surface area contributed by atoms with E-state index in [1.807, 2.05) is 17.0 Å². The molecule has 0 unspecified atom stereocenters. The minimum Gasteiger partial charge on any atom is -0.493 e. The van der Waals surface area contributed by atoms with Crippen molar-refractivity contribution in [1.82, 2.24) is 10.2 Å². The molecule has 26 heavy (non-hydrogen) atoms. The Morgan fingerprint density at radius 1 is 1.00 bits per heavy atom. The largest absolute Gasteiger partial charge is 0.493 e. The van der Waals surface area contributed by atoms with Crippen molar-refractivity contribution in [3.63, 3.8) is 0 Å². The van der Waals surface area contributed by atoms with E-state index in [4.69, 9.17) is 18.9 Å². The number of nitrogens with zero attached hydrogens (tertiary/aromatic N) is 2. The van der Waals surface area contributed by atoms with Gasteiger partial charge in [-0.15, -0.1) is 0 Å². The second kappa shape index (κ2) is 9.96. The van der Waals surface area contributed by atoms with E-state index in [-0.39, 0.29) is 6.03 Å². The molecule has 2 rings (SSSR count). The Morgan fingerprint density at radius 2 is 1.62 bits per heavy atom. The molecule has 8 heteroatoms. The number of amides is 2. The van der Waals surface area contributed by atoms with Gasteiger partial charge in [-0.05, 0) is 6.42 Å². The van der Waals surface area contributed by atoms with Crippen LogP contribution in [0.25, 0.3) is 0 Å². The molecular weight excluding hydrogens is 338 g/mol. The molecule has 1 aliphatic rings. The second-order valence-corrected chi connectivity index (χ2v) is 5.94. The molecule has 146 valence electrons. The molecule has 8 nitrogen and oxygen atoms in total. The Labute approximate surface area is 154 Å². The summed E-state index contributed by atoms with van der Waals surface area (Å²) in [5, 5.41) is 2.93. The number of urea groups is 1. The highest BCUT2D eigenvalue weighted by Gasteiger charge is 2.23. The van der Waals surface area contributed by atoms with Crippen LogP contribution in [-0.2, 0) is 4.74 Å². The van der Waals surface area contributed by atoms with Crippen LogP contribution < -0.4 is 24.4 Å². The van der Waals surface area contributed by atoms with Gasteiger partial charge in [0.05, 0.1) is 21.3 Å². The van der Waals surface area contributed by atoms with Crippen molar-refractivity contribution in [3.05, 3.63) is 12.1 Å². The smallest absolute Gasteiger partial charge is 0.317 e. The number of methoxy groups -OCH3 is 4. The highest BCUT2D eigenvalue weighted by molar-refractivity contribution is 5.74. The molecule has 1 aromatic carbocycles. The number of carbonyl (C=O) groups excluding carboxylic acids is 1. The molecule has 1 N–H and O–H groups in total. The topological polar surface area (TPSA) is 72.5 Å². The summed E-state index contributed by atoms with van der Waals surface area (Å²) >= 11 is 0. The Morgan fingerprint density at radius 3 is 2.12 bits per heavy atom. The summed E-state index contributed by atoms with van der Waals surface area (Å²) in [5.74, 6) is 1.83. The Hall–Kier alpha value is -2.35. The van der Waals surface area contributed by atoms with E-state index in [0.29, 0.717) is 43.5 Å². The van der Waals surface area contributed by atoms with E-state index in [1.165, 1.54) is 0 Å². The fourth-order valence-electron chi connectivity index (χ4n) is 2.94. The summed E-state index contributed by atoms with van der Waals surface area (Å²) in [6.07, 6.45) is 0.813. The molecule has 0 bridgehead atoms. The van der Waals surface area contributed by atoms with Crippen LogP contribution in [0.4, 0.5) is 10.5 Å². The zero-order valence-electron chi connectivity index (χ0n) is 16.0. The molecule has 0 radical (unpaired) electrons. The number of ether oxygens (including phenoxy) is 4. The number of benzene rings is 1. The highest BCUT2D eigenvalue weighted by atomic mass is 16.5. The molecule has 1 saturated heterocycles. The molecule has 0 aromatic heterocycles. The van der Waals surface area contributed by atoms with Crippen molar-refractivity contribution < 1.29 is 23.7 Å². The predicted octanol–water partition coefficient (Wildman–Crippen LogP) is 1.58. The third kappa shape index (κ3) is 4.85. The molecule has 1 fully saturated rings. The van der Waals surface area contributed by atoms with Gasteiger partial charge in [0.15, 0.2) is 11.5 Å². The van der Waals surface area contributed by atoms with Gasteiger partial charge in [-0.3, -0.25) is 0 Å². The van der Waals surface area contributed by atoms with Crippen LogP contribution in [0.15, 0.2) is 12.1 Å². The van der Waals surface area contributed by atoms with Crippen LogP contribution in [0.2, 0.25) is 0 Å². The third-order valence-corrected chi connectivity index (χ3v) is 4.38. The van der Waals surface area contributed by atoms with Crippen LogP contribution >= 0.6 is 0 Å². The number of nitrogens with one attached hydrogen (secondary N) is 1. The van der Waals surface area contributed by atoms with E-state index in [0.717, 1.165) is 25.2 Å². The van der Waals surface area contributed by atoms with E-state index in [1.54, 1.807) is 28.4 Å². The molecule has 1 heterocycles. The maximum atomic E-state index is 12.2. The Kier molecular flexibility index (Phi) is 7.65. The molecule has 0 spiro atoms. The van der Waals surface area contributed by atoms with Crippen molar-refractivity contribution in [2.75, 3.05) is 72.7 Å². The highest BCUT2D eigenvalue weighted by Crippen LogP contribution is 2.41. The number of hydrogen-bond donors (Lipinski definition) is 1. The zero-order chi connectivity index (χ0) is 18.9. The number of carbonyl (C=O) groups is 1. The van der Waals surface area contributed by atoms with Gasteiger partial charge in [0.1, 0.15) is 0 Å². The van der Waals surface area contributed by atoms with Gasteiger partial charge in [0.2, 0.25) is 5.75 Å². The van der Waals surface area contributed by atoms with Gasteiger partial charge in [0, 0.05) is 64.3 Å². The molecule has 0 aliphatic carbocycles. The summed E-state index contributed by atoms with van der Waals surface area (Å²) in [6, 6.07) is 3.84. The van der Waals surface area contributed by atoms with Gasteiger partial charge in [-0.25, -0.2) is 4.79 Å². The summed E-state index contributed by atoms with van der Waals surface area (Å²) in [4.78, 5) is 16.2. The molecule has 1 aliphatic heterocycles. The van der Waals surface area contributed by atoms with Crippen molar-refractivity contribution >= 4 is 11.7 Å². The second-order valence-electron chi connectivity index (χ2n) is 5.94. The third-order valence-electron chi connectivity index (χ3n) is 4.38. The first-order valence-corrected chi connectivity index (χ1v) is 8.71. The number of rotatable bonds is 8. The van der Waals surface area contributed by atoms with Crippen LogP contribution in [-0.4, -0.2) is 78.7 Å². The first kappa shape index (κ1) is 20.0. The van der Waals surface area contributed by atoms with Crippen LogP contribution in [0, 0.1) is 0 Å². The molecule has 2 amide bonds. The van der Waals surface area contributed by atoms with Crippen LogP contribution in [0.3, 0.4) is 0 Å². The van der Waals surface area contributed by atoms with Gasteiger partial charge in [-0.1, -0.05) is 0 Å². The minimum absolute atomic E-state index is 0.0226. The molecule has 1 aromatic rings. The van der Waals surface area contributed by atoms with Crippen molar-refractivity contribution in [1.29, 1.82) is 0 Å². The summed E-state index contributed by atoms with van der Waals surface area (Å²) in [6.45, 7) is 4.07. The standard InChI is InChI=1S/C18H29N3O5/c1-23-11-5-6-19-18(22)21-9-7-20(8-10-21)14-12-15(24-2)17(26-4)16(13-14)25-3/h12-13H,5-11H2,1-4H3,(H,19,22). The SMILES string of the molecule is COCCCNC(=O)N1CCN(c2cc(OC)c(OC)c(OC)c2)CC1. The van der Waals surface area contributed by atoms with Crippen molar-refractivity contribution in [2.45, 2.75) is 6.42 Å². The lowest BCUT2D eigenvalue weighted by Crippen LogP contribution is -2.52. The lowest BCUT2D eigenvalue weighted by molar-refractivity contribution is 0.183. The van der Waals surface area contributed by atoms with Gasteiger partial charge >= 0.3 is 6.03 Å². The van der Waals surface area contributed by atoms with Crippen molar-refractivity contribution in [2.24, 2.45) is 0 Å². The van der Waals surface area contributed by atoms with E-state index >= 15 is 0 Å².